The van der Waals surface area contributed by atoms with E-state index in [-0.39, 0.29) is 18.2 Å². The molecule has 10 heteroatoms. The van der Waals surface area contributed by atoms with Crippen molar-refractivity contribution in [3.8, 4) is 11.6 Å². The Bertz CT molecular complexity index is 913. The number of rotatable bonds is 5. The predicted molar refractivity (Wildman–Crippen MR) is 90.4 cm³/mol. The van der Waals surface area contributed by atoms with Crippen molar-refractivity contribution in [2.24, 2.45) is 0 Å². The highest BCUT2D eigenvalue weighted by atomic mass is 35.5. The number of hydrogen-bond donors (Lipinski definition) is 1. The van der Waals surface area contributed by atoms with Crippen molar-refractivity contribution in [1.82, 2.24) is 19.7 Å². The molecule has 0 aliphatic rings. The summed E-state index contributed by atoms with van der Waals surface area (Å²) in [4.78, 5) is 7.28. The highest BCUT2D eigenvalue weighted by molar-refractivity contribution is 6.30. The summed E-state index contributed by atoms with van der Waals surface area (Å²) in [7, 11) is 0. The van der Waals surface area contributed by atoms with Gasteiger partial charge in [-0.2, -0.15) is 18.3 Å². The molecule has 2 aromatic heterocycles. The smallest absolute Gasteiger partial charge is 0.433 e. The summed E-state index contributed by atoms with van der Waals surface area (Å²) in [6, 6.07) is 8.49. The van der Waals surface area contributed by atoms with Crippen LogP contribution in [0, 0.1) is 0 Å². The number of nitrogens with zero attached hydrogens (tertiary/aromatic N) is 4. The minimum Gasteiger partial charge on any atom is -0.439 e. The van der Waals surface area contributed by atoms with E-state index in [1.807, 2.05) is 0 Å². The van der Waals surface area contributed by atoms with Crippen LogP contribution in [0.3, 0.4) is 0 Å². The first-order chi connectivity index (χ1) is 12.6. The second kappa shape index (κ2) is 7.16. The molecule has 0 aliphatic carbocycles. The molecule has 0 unspecified atom stereocenters. The lowest BCUT2D eigenvalue weighted by atomic mass is 9.94. The molecule has 3 rings (SSSR count). The van der Waals surface area contributed by atoms with Gasteiger partial charge in [0.1, 0.15) is 24.0 Å². The fourth-order valence-electron chi connectivity index (χ4n) is 2.49. The second-order valence-electron chi connectivity index (χ2n) is 5.97. The topological polar surface area (TPSA) is 73.1 Å². The van der Waals surface area contributed by atoms with E-state index in [2.05, 4.69) is 15.1 Å². The molecule has 1 atom stereocenters. The molecule has 1 N–H and O–H groups in total. The molecule has 6 nitrogen and oxygen atoms in total. The van der Waals surface area contributed by atoms with Crippen molar-refractivity contribution in [3.05, 3.63) is 65.3 Å². The molecule has 142 valence electrons. The van der Waals surface area contributed by atoms with Gasteiger partial charge < -0.3 is 9.84 Å². The lowest BCUT2D eigenvalue weighted by molar-refractivity contribution is -0.144. The third kappa shape index (κ3) is 4.55. The SMILES string of the molecule is C[C@@](O)(Cn1cncn1)c1ccc(Oc2ccc(Cl)cc2)nc1C(F)(F)F. The van der Waals surface area contributed by atoms with E-state index in [0.717, 1.165) is 6.07 Å². The van der Waals surface area contributed by atoms with Crippen molar-refractivity contribution >= 4 is 11.6 Å². The number of aliphatic hydroxyl groups is 1. The van der Waals surface area contributed by atoms with Crippen LogP contribution in [0.5, 0.6) is 11.6 Å². The summed E-state index contributed by atoms with van der Waals surface area (Å²) in [5.74, 6) is 0.0205. The molecule has 0 amide bonds. The molecule has 0 saturated heterocycles. The average Bonchev–Trinajstić information content (AvgIpc) is 3.08. The van der Waals surface area contributed by atoms with Crippen LogP contribution in [0.4, 0.5) is 13.2 Å². The normalized spacial score (nSPS) is 14.0. The number of ether oxygens (including phenoxy) is 1. The van der Waals surface area contributed by atoms with Crippen molar-refractivity contribution in [1.29, 1.82) is 0 Å². The molecule has 0 saturated carbocycles. The molecule has 0 spiro atoms. The largest absolute Gasteiger partial charge is 0.439 e. The lowest BCUT2D eigenvalue weighted by Crippen LogP contribution is -2.31. The standard InChI is InChI=1S/C17H14ClF3N4O2/c1-16(26,8-25-10-22-9-23-25)13-6-7-14(24-15(13)17(19,20)21)27-12-4-2-11(18)3-5-12/h2-7,9-10,26H,8H2,1H3/t16-/m1/s1. The number of hydrogen-bond acceptors (Lipinski definition) is 5. The van der Waals surface area contributed by atoms with Crippen LogP contribution in [0.2, 0.25) is 5.02 Å². The van der Waals surface area contributed by atoms with Crippen molar-refractivity contribution < 1.29 is 23.0 Å². The number of halogens is 4. The third-order valence-electron chi connectivity index (χ3n) is 3.69. The Balaban J connectivity index is 1.95. The molecule has 1 aromatic carbocycles. The Morgan fingerprint density at radius 2 is 1.85 bits per heavy atom. The van der Waals surface area contributed by atoms with E-state index >= 15 is 0 Å². The Kier molecular flexibility index (Phi) is 5.07. The highest BCUT2D eigenvalue weighted by Gasteiger charge is 2.41. The minimum absolute atomic E-state index is 0.227. The molecule has 27 heavy (non-hydrogen) atoms. The van der Waals surface area contributed by atoms with Crippen molar-refractivity contribution in [2.45, 2.75) is 25.2 Å². The van der Waals surface area contributed by atoms with Gasteiger partial charge in [0.2, 0.25) is 5.88 Å². The van der Waals surface area contributed by atoms with E-state index in [0.29, 0.717) is 5.02 Å². The lowest BCUT2D eigenvalue weighted by Gasteiger charge is -2.26. The van der Waals surface area contributed by atoms with Gasteiger partial charge in [-0.25, -0.2) is 14.6 Å². The zero-order valence-corrected chi connectivity index (χ0v) is 14.7. The zero-order valence-electron chi connectivity index (χ0n) is 14.0. The van der Waals surface area contributed by atoms with Crippen LogP contribution in [-0.2, 0) is 18.3 Å². The molecule has 0 bridgehead atoms. The molecular weight excluding hydrogens is 385 g/mol. The maximum absolute atomic E-state index is 13.5. The van der Waals surface area contributed by atoms with Gasteiger partial charge in [-0.3, -0.25) is 0 Å². The van der Waals surface area contributed by atoms with Crippen LogP contribution in [0.15, 0.2) is 49.1 Å². The third-order valence-corrected chi connectivity index (χ3v) is 3.94. The number of alkyl halides is 3. The van der Waals surface area contributed by atoms with Crippen LogP contribution in [0.25, 0.3) is 0 Å². The van der Waals surface area contributed by atoms with Gasteiger partial charge >= 0.3 is 6.18 Å². The van der Waals surface area contributed by atoms with E-state index in [9.17, 15) is 18.3 Å². The highest BCUT2D eigenvalue weighted by Crippen LogP contribution is 2.38. The zero-order chi connectivity index (χ0) is 19.7. The van der Waals surface area contributed by atoms with Crippen molar-refractivity contribution in [3.63, 3.8) is 0 Å². The fraction of sp³-hybridized carbons (Fsp3) is 0.235. The van der Waals surface area contributed by atoms with Gasteiger partial charge in [0.05, 0.1) is 6.54 Å². The van der Waals surface area contributed by atoms with Gasteiger partial charge in [-0.1, -0.05) is 11.6 Å². The number of aromatic nitrogens is 4. The first kappa shape index (κ1) is 19.1. The van der Waals surface area contributed by atoms with Crippen LogP contribution in [-0.4, -0.2) is 24.9 Å². The summed E-state index contributed by atoms with van der Waals surface area (Å²) >= 11 is 5.77. The number of pyridine rings is 1. The summed E-state index contributed by atoms with van der Waals surface area (Å²) in [5, 5.41) is 14.9. The van der Waals surface area contributed by atoms with Gasteiger partial charge in [-0.15, -0.1) is 0 Å². The van der Waals surface area contributed by atoms with Crippen LogP contribution < -0.4 is 4.74 Å². The minimum atomic E-state index is -4.79. The summed E-state index contributed by atoms with van der Waals surface area (Å²) < 4.78 is 47.2. The van der Waals surface area contributed by atoms with Gasteiger partial charge in [0.15, 0.2) is 5.69 Å². The summed E-state index contributed by atoms with van der Waals surface area (Å²) in [5.41, 5.74) is -3.52. The first-order valence-electron chi connectivity index (χ1n) is 7.72. The van der Waals surface area contributed by atoms with E-state index < -0.39 is 23.0 Å². The first-order valence-corrected chi connectivity index (χ1v) is 8.10. The molecule has 3 aromatic rings. The van der Waals surface area contributed by atoms with E-state index in [4.69, 9.17) is 16.3 Å². The average molecular weight is 399 g/mol. The molecule has 0 radical (unpaired) electrons. The monoisotopic (exact) mass is 398 g/mol. The molecular formula is C17H14ClF3N4O2. The summed E-state index contributed by atoms with van der Waals surface area (Å²) in [6.45, 7) is 1.02. The Morgan fingerprint density at radius 1 is 1.15 bits per heavy atom. The van der Waals surface area contributed by atoms with Gasteiger partial charge in [0.25, 0.3) is 0 Å². The maximum Gasteiger partial charge on any atom is 0.433 e. The Labute approximate surface area is 157 Å². The van der Waals surface area contributed by atoms with Gasteiger partial charge in [0, 0.05) is 16.7 Å². The molecule has 0 fully saturated rings. The molecule has 0 aliphatic heterocycles. The fourth-order valence-corrected chi connectivity index (χ4v) is 2.61. The molecule has 2 heterocycles. The van der Waals surface area contributed by atoms with Crippen molar-refractivity contribution in [2.75, 3.05) is 0 Å². The van der Waals surface area contributed by atoms with Crippen LogP contribution >= 0.6 is 11.6 Å². The number of benzene rings is 1. The van der Waals surface area contributed by atoms with Gasteiger partial charge in [-0.05, 0) is 37.3 Å². The maximum atomic E-state index is 13.5. The Morgan fingerprint density at radius 3 is 2.44 bits per heavy atom. The summed E-state index contributed by atoms with van der Waals surface area (Å²) in [6.07, 6.45) is -2.27. The predicted octanol–water partition coefficient (Wildman–Crippen LogP) is 4.05. The van der Waals surface area contributed by atoms with Crippen LogP contribution in [0.1, 0.15) is 18.2 Å². The Hall–Kier alpha value is -2.65. The quantitative estimate of drug-likeness (QED) is 0.702. The van der Waals surface area contributed by atoms with E-state index in [1.165, 1.54) is 42.5 Å². The van der Waals surface area contributed by atoms with E-state index in [1.54, 1.807) is 12.1 Å². The second-order valence-corrected chi connectivity index (χ2v) is 6.40.